The number of nitrogen functional groups attached to an aromatic ring is 1. The SMILES string of the molecule is CCc1nc(NN)c(C)c(N(CCC(C)C)C2CC2)n1. The van der Waals surface area contributed by atoms with Gasteiger partial charge in [0.05, 0.1) is 0 Å². The zero-order chi connectivity index (χ0) is 14.7. The van der Waals surface area contributed by atoms with Crippen molar-refractivity contribution in [3.8, 4) is 0 Å². The molecule has 0 aromatic carbocycles. The third-order valence-electron chi connectivity index (χ3n) is 3.83. The zero-order valence-corrected chi connectivity index (χ0v) is 13.1. The Morgan fingerprint density at radius 3 is 2.55 bits per heavy atom. The van der Waals surface area contributed by atoms with Gasteiger partial charge in [-0.05, 0) is 32.1 Å². The van der Waals surface area contributed by atoms with E-state index in [9.17, 15) is 0 Å². The molecule has 0 spiro atoms. The monoisotopic (exact) mass is 277 g/mol. The fourth-order valence-electron chi connectivity index (χ4n) is 2.37. The lowest BCUT2D eigenvalue weighted by atomic mass is 10.1. The molecule has 1 heterocycles. The van der Waals surface area contributed by atoms with Crippen molar-refractivity contribution in [3.05, 3.63) is 11.4 Å². The first-order valence-corrected chi connectivity index (χ1v) is 7.67. The van der Waals surface area contributed by atoms with Crippen molar-refractivity contribution in [1.29, 1.82) is 0 Å². The van der Waals surface area contributed by atoms with Gasteiger partial charge < -0.3 is 10.3 Å². The summed E-state index contributed by atoms with van der Waals surface area (Å²) in [6.07, 6.45) is 4.56. The van der Waals surface area contributed by atoms with Crippen LogP contribution in [0.2, 0.25) is 0 Å². The Labute approximate surface area is 121 Å². The molecule has 0 radical (unpaired) electrons. The fraction of sp³-hybridized carbons (Fsp3) is 0.733. The van der Waals surface area contributed by atoms with Crippen LogP contribution in [-0.4, -0.2) is 22.6 Å². The van der Waals surface area contributed by atoms with E-state index < -0.39 is 0 Å². The Morgan fingerprint density at radius 1 is 1.35 bits per heavy atom. The number of rotatable bonds is 7. The summed E-state index contributed by atoms with van der Waals surface area (Å²) in [5.74, 6) is 8.97. The summed E-state index contributed by atoms with van der Waals surface area (Å²) in [5, 5.41) is 0. The van der Waals surface area contributed by atoms with Crippen LogP contribution in [0.25, 0.3) is 0 Å². The maximum absolute atomic E-state index is 5.60. The first kappa shape index (κ1) is 15.0. The summed E-state index contributed by atoms with van der Waals surface area (Å²) in [7, 11) is 0. The first-order chi connectivity index (χ1) is 9.56. The summed E-state index contributed by atoms with van der Waals surface area (Å²) in [6.45, 7) is 9.72. The highest BCUT2D eigenvalue weighted by molar-refractivity contribution is 5.59. The smallest absolute Gasteiger partial charge is 0.148 e. The van der Waals surface area contributed by atoms with E-state index >= 15 is 0 Å². The molecule has 5 heteroatoms. The number of nitrogens with zero attached hydrogens (tertiary/aromatic N) is 3. The van der Waals surface area contributed by atoms with Crippen LogP contribution in [0.4, 0.5) is 11.6 Å². The van der Waals surface area contributed by atoms with Gasteiger partial charge in [0.15, 0.2) is 0 Å². The van der Waals surface area contributed by atoms with Crippen LogP contribution in [0.15, 0.2) is 0 Å². The minimum atomic E-state index is 0.651. The van der Waals surface area contributed by atoms with E-state index in [1.165, 1.54) is 19.3 Å². The summed E-state index contributed by atoms with van der Waals surface area (Å²) in [6, 6.07) is 0.651. The van der Waals surface area contributed by atoms with E-state index in [4.69, 9.17) is 10.8 Å². The molecule has 0 bridgehead atoms. The lowest BCUT2D eigenvalue weighted by molar-refractivity contribution is 0.567. The second-order valence-electron chi connectivity index (χ2n) is 6.04. The Bertz CT molecular complexity index is 454. The van der Waals surface area contributed by atoms with Crippen LogP contribution in [0, 0.1) is 12.8 Å². The van der Waals surface area contributed by atoms with Gasteiger partial charge in [-0.1, -0.05) is 20.8 Å². The van der Waals surface area contributed by atoms with E-state index in [2.05, 4.69) is 43.0 Å². The van der Waals surface area contributed by atoms with E-state index in [-0.39, 0.29) is 0 Å². The lowest BCUT2D eigenvalue weighted by Gasteiger charge is -2.27. The maximum atomic E-state index is 5.60. The summed E-state index contributed by atoms with van der Waals surface area (Å²) in [5.41, 5.74) is 3.77. The predicted octanol–water partition coefficient (Wildman–Crippen LogP) is 2.65. The van der Waals surface area contributed by atoms with E-state index in [0.717, 1.165) is 36.0 Å². The fourth-order valence-corrected chi connectivity index (χ4v) is 2.37. The number of aromatic nitrogens is 2. The molecule has 0 amide bonds. The zero-order valence-electron chi connectivity index (χ0n) is 13.1. The number of anilines is 2. The summed E-state index contributed by atoms with van der Waals surface area (Å²) in [4.78, 5) is 11.7. The summed E-state index contributed by atoms with van der Waals surface area (Å²) < 4.78 is 0. The third-order valence-corrected chi connectivity index (χ3v) is 3.83. The van der Waals surface area contributed by atoms with Gasteiger partial charge in [-0.2, -0.15) is 0 Å². The van der Waals surface area contributed by atoms with E-state index in [1.807, 2.05) is 0 Å². The second kappa shape index (κ2) is 6.39. The molecule has 2 rings (SSSR count). The number of aryl methyl sites for hydroxylation is 1. The number of hydrogen-bond acceptors (Lipinski definition) is 5. The standard InChI is InChI=1S/C15H27N5/c1-5-13-17-14(19-16)11(4)15(18-13)20(12-6-7-12)9-8-10(2)3/h10,12H,5-9,16H2,1-4H3,(H,17,18,19). The number of hydrazine groups is 1. The second-order valence-corrected chi connectivity index (χ2v) is 6.04. The van der Waals surface area contributed by atoms with Crippen LogP contribution < -0.4 is 16.2 Å². The van der Waals surface area contributed by atoms with Gasteiger partial charge in [-0.15, -0.1) is 0 Å². The van der Waals surface area contributed by atoms with Gasteiger partial charge >= 0.3 is 0 Å². The molecule has 3 N–H and O–H groups in total. The number of nitrogens with two attached hydrogens (primary N) is 1. The topological polar surface area (TPSA) is 67.1 Å². The molecule has 1 saturated carbocycles. The lowest BCUT2D eigenvalue weighted by Crippen LogP contribution is -2.30. The average molecular weight is 277 g/mol. The third kappa shape index (κ3) is 3.39. The molecular formula is C15H27N5. The van der Waals surface area contributed by atoms with Crippen LogP contribution in [0.5, 0.6) is 0 Å². The van der Waals surface area contributed by atoms with Gasteiger partial charge in [-0.3, -0.25) is 0 Å². The van der Waals surface area contributed by atoms with Crippen LogP contribution in [0.1, 0.15) is 51.4 Å². The molecule has 5 nitrogen and oxygen atoms in total. The highest BCUT2D eigenvalue weighted by Gasteiger charge is 2.31. The number of hydrogen-bond donors (Lipinski definition) is 2. The minimum absolute atomic E-state index is 0.651. The molecule has 0 saturated heterocycles. The van der Waals surface area contributed by atoms with Crippen molar-refractivity contribution in [2.75, 3.05) is 16.9 Å². The van der Waals surface area contributed by atoms with E-state index in [1.54, 1.807) is 0 Å². The highest BCUT2D eigenvalue weighted by Crippen LogP contribution is 2.34. The largest absolute Gasteiger partial charge is 0.353 e. The van der Waals surface area contributed by atoms with E-state index in [0.29, 0.717) is 12.0 Å². The van der Waals surface area contributed by atoms with Crippen molar-refractivity contribution in [3.63, 3.8) is 0 Å². The molecule has 1 aromatic heterocycles. The molecule has 0 atom stereocenters. The highest BCUT2D eigenvalue weighted by atomic mass is 15.3. The van der Waals surface area contributed by atoms with Crippen molar-refractivity contribution in [2.45, 2.75) is 59.4 Å². The molecule has 0 aliphatic heterocycles. The van der Waals surface area contributed by atoms with Gasteiger partial charge in [0.1, 0.15) is 17.5 Å². The van der Waals surface area contributed by atoms with Crippen molar-refractivity contribution < 1.29 is 0 Å². The first-order valence-electron chi connectivity index (χ1n) is 7.67. The Morgan fingerprint density at radius 2 is 2.05 bits per heavy atom. The van der Waals surface area contributed by atoms with Gasteiger partial charge in [0.2, 0.25) is 0 Å². The Kier molecular flexibility index (Phi) is 4.81. The number of nitrogens with one attached hydrogen (secondary N) is 1. The Balaban J connectivity index is 2.31. The molecule has 112 valence electrons. The molecule has 1 aliphatic carbocycles. The van der Waals surface area contributed by atoms with Crippen molar-refractivity contribution in [2.24, 2.45) is 11.8 Å². The molecule has 0 unspecified atom stereocenters. The average Bonchev–Trinajstić information content (AvgIpc) is 3.25. The quantitative estimate of drug-likeness (QED) is 0.592. The van der Waals surface area contributed by atoms with Gasteiger partial charge in [-0.25, -0.2) is 15.8 Å². The minimum Gasteiger partial charge on any atom is -0.353 e. The van der Waals surface area contributed by atoms with Crippen molar-refractivity contribution >= 4 is 11.6 Å². The molecular weight excluding hydrogens is 250 g/mol. The predicted molar refractivity (Wildman–Crippen MR) is 83.8 cm³/mol. The molecule has 20 heavy (non-hydrogen) atoms. The van der Waals surface area contributed by atoms with Gasteiger partial charge in [0, 0.05) is 24.6 Å². The van der Waals surface area contributed by atoms with Crippen LogP contribution in [0.3, 0.4) is 0 Å². The summed E-state index contributed by atoms with van der Waals surface area (Å²) >= 11 is 0. The Hall–Kier alpha value is -1.36. The molecule has 1 fully saturated rings. The molecule has 1 aliphatic rings. The molecule has 1 aromatic rings. The maximum Gasteiger partial charge on any atom is 0.148 e. The van der Waals surface area contributed by atoms with Crippen molar-refractivity contribution in [1.82, 2.24) is 9.97 Å². The normalized spacial score (nSPS) is 14.7. The van der Waals surface area contributed by atoms with Crippen LogP contribution in [-0.2, 0) is 6.42 Å². The van der Waals surface area contributed by atoms with Crippen LogP contribution >= 0.6 is 0 Å². The van der Waals surface area contributed by atoms with Gasteiger partial charge in [0.25, 0.3) is 0 Å².